The van der Waals surface area contributed by atoms with Crippen LogP contribution in [0.3, 0.4) is 0 Å². The Bertz CT molecular complexity index is 674. The van der Waals surface area contributed by atoms with E-state index in [1.165, 1.54) is 18.5 Å². The van der Waals surface area contributed by atoms with Crippen molar-refractivity contribution in [2.75, 3.05) is 0 Å². The van der Waals surface area contributed by atoms with Gasteiger partial charge in [-0.05, 0) is 18.2 Å². The van der Waals surface area contributed by atoms with E-state index >= 15 is 0 Å². The monoisotopic (exact) mass is 306 g/mol. The number of hydrogen-bond acceptors (Lipinski definition) is 4. The molecule has 0 aliphatic carbocycles. The van der Waals surface area contributed by atoms with Crippen LogP contribution in [0, 0.1) is 5.82 Å². The number of hydrogen-bond donors (Lipinski definition) is 2. The van der Waals surface area contributed by atoms with Crippen LogP contribution in [0.15, 0.2) is 29.0 Å². The quantitative estimate of drug-likeness (QED) is 0.887. The minimum Gasteiger partial charge on any atom is -0.478 e. The zero-order valence-electron chi connectivity index (χ0n) is 12.8. The maximum absolute atomic E-state index is 13.7. The summed E-state index contributed by atoms with van der Waals surface area (Å²) in [5, 5.41) is 12.0. The highest BCUT2D eigenvalue weighted by Crippen LogP contribution is 2.25. The number of benzene rings is 1. The third-order valence-electron chi connectivity index (χ3n) is 3.22. The number of aromatic carboxylic acids is 1. The van der Waals surface area contributed by atoms with Crippen molar-refractivity contribution < 1.29 is 18.7 Å². The van der Waals surface area contributed by atoms with Crippen molar-refractivity contribution in [2.24, 2.45) is 0 Å². The summed E-state index contributed by atoms with van der Waals surface area (Å²) in [6, 6.07) is 3.74. The van der Waals surface area contributed by atoms with Crippen molar-refractivity contribution in [2.45, 2.75) is 39.3 Å². The molecule has 22 heavy (non-hydrogen) atoms. The van der Waals surface area contributed by atoms with E-state index in [-0.39, 0.29) is 17.5 Å². The number of oxazole rings is 1. The van der Waals surface area contributed by atoms with E-state index in [4.69, 9.17) is 9.52 Å². The van der Waals surface area contributed by atoms with Crippen LogP contribution in [-0.2, 0) is 18.5 Å². The van der Waals surface area contributed by atoms with Crippen molar-refractivity contribution in [3.63, 3.8) is 0 Å². The molecule has 6 heteroatoms. The Morgan fingerprint density at radius 1 is 1.36 bits per heavy atom. The van der Waals surface area contributed by atoms with Gasteiger partial charge >= 0.3 is 5.97 Å². The van der Waals surface area contributed by atoms with Crippen LogP contribution in [0.1, 0.15) is 48.1 Å². The summed E-state index contributed by atoms with van der Waals surface area (Å²) in [5.74, 6) is -0.735. The van der Waals surface area contributed by atoms with Crippen LogP contribution < -0.4 is 5.32 Å². The van der Waals surface area contributed by atoms with Crippen molar-refractivity contribution >= 4 is 5.97 Å². The molecule has 0 fully saturated rings. The zero-order chi connectivity index (χ0) is 16.3. The van der Waals surface area contributed by atoms with Gasteiger partial charge in [-0.25, -0.2) is 14.2 Å². The van der Waals surface area contributed by atoms with Crippen LogP contribution >= 0.6 is 0 Å². The van der Waals surface area contributed by atoms with E-state index in [9.17, 15) is 9.18 Å². The van der Waals surface area contributed by atoms with Gasteiger partial charge in [-0.3, -0.25) is 0 Å². The Morgan fingerprint density at radius 2 is 2.09 bits per heavy atom. The molecular weight excluding hydrogens is 287 g/mol. The molecule has 0 saturated carbocycles. The molecule has 2 aromatic rings. The molecule has 118 valence electrons. The van der Waals surface area contributed by atoms with E-state index in [0.717, 1.165) is 17.5 Å². The average Bonchev–Trinajstić information content (AvgIpc) is 2.89. The SMILES string of the molecule is CC(C)(C)c1ocnc1CNCc1cc(C(=O)O)ccc1F. The molecule has 0 atom stereocenters. The predicted molar refractivity (Wildman–Crippen MR) is 79.1 cm³/mol. The summed E-state index contributed by atoms with van der Waals surface area (Å²) in [7, 11) is 0. The summed E-state index contributed by atoms with van der Waals surface area (Å²) in [6.07, 6.45) is 1.39. The topological polar surface area (TPSA) is 75.4 Å². The van der Waals surface area contributed by atoms with Crippen LogP contribution in [0.5, 0.6) is 0 Å². The summed E-state index contributed by atoms with van der Waals surface area (Å²) < 4.78 is 19.1. The molecule has 0 saturated heterocycles. The average molecular weight is 306 g/mol. The van der Waals surface area contributed by atoms with Crippen molar-refractivity contribution in [3.8, 4) is 0 Å². The number of aromatic nitrogens is 1. The molecule has 0 aliphatic rings. The van der Waals surface area contributed by atoms with Gasteiger partial charge in [0, 0.05) is 24.1 Å². The molecule has 1 aromatic carbocycles. The minimum atomic E-state index is -1.08. The molecule has 0 aliphatic heterocycles. The number of carboxylic acid groups (broad SMARTS) is 1. The lowest BCUT2D eigenvalue weighted by Gasteiger charge is -2.16. The molecule has 1 aromatic heterocycles. The first-order valence-electron chi connectivity index (χ1n) is 6.94. The van der Waals surface area contributed by atoms with Crippen molar-refractivity contribution in [3.05, 3.63) is 53.0 Å². The van der Waals surface area contributed by atoms with Gasteiger partial charge in [0.2, 0.25) is 0 Å². The molecule has 0 radical (unpaired) electrons. The fourth-order valence-electron chi connectivity index (χ4n) is 2.16. The first-order chi connectivity index (χ1) is 10.3. The second-order valence-corrected chi connectivity index (χ2v) is 6.09. The number of rotatable bonds is 5. The molecule has 2 N–H and O–H groups in total. The number of nitrogens with zero attached hydrogens (tertiary/aromatic N) is 1. The van der Waals surface area contributed by atoms with E-state index in [1.54, 1.807) is 0 Å². The van der Waals surface area contributed by atoms with Crippen LogP contribution in [0.2, 0.25) is 0 Å². The van der Waals surface area contributed by atoms with Gasteiger partial charge in [-0.1, -0.05) is 20.8 Å². The number of carbonyl (C=O) groups is 1. The maximum atomic E-state index is 13.7. The van der Waals surface area contributed by atoms with E-state index in [2.05, 4.69) is 10.3 Å². The highest BCUT2D eigenvalue weighted by molar-refractivity contribution is 5.87. The third kappa shape index (κ3) is 3.71. The molecule has 0 bridgehead atoms. The maximum Gasteiger partial charge on any atom is 0.335 e. The zero-order valence-corrected chi connectivity index (χ0v) is 12.8. The second-order valence-electron chi connectivity index (χ2n) is 6.09. The molecular formula is C16H19FN2O3. The lowest BCUT2D eigenvalue weighted by molar-refractivity contribution is 0.0696. The Kier molecular flexibility index (Phi) is 4.61. The highest BCUT2D eigenvalue weighted by Gasteiger charge is 2.22. The lowest BCUT2D eigenvalue weighted by Crippen LogP contribution is -2.19. The van der Waals surface area contributed by atoms with Gasteiger partial charge in [-0.2, -0.15) is 0 Å². The minimum absolute atomic E-state index is 0.0648. The van der Waals surface area contributed by atoms with E-state index < -0.39 is 11.8 Å². The van der Waals surface area contributed by atoms with E-state index in [1.807, 2.05) is 20.8 Å². The Hall–Kier alpha value is -2.21. The predicted octanol–water partition coefficient (Wildman–Crippen LogP) is 3.10. The normalized spacial score (nSPS) is 11.6. The molecule has 0 amide bonds. The van der Waals surface area contributed by atoms with Gasteiger partial charge < -0.3 is 14.8 Å². The summed E-state index contributed by atoms with van der Waals surface area (Å²) in [6.45, 7) is 6.69. The van der Waals surface area contributed by atoms with Crippen LogP contribution in [-0.4, -0.2) is 16.1 Å². The summed E-state index contributed by atoms with van der Waals surface area (Å²) in [4.78, 5) is 15.1. The number of carboxylic acids is 1. The van der Waals surface area contributed by atoms with Crippen molar-refractivity contribution in [1.82, 2.24) is 10.3 Å². The lowest BCUT2D eigenvalue weighted by atomic mass is 9.92. The molecule has 1 heterocycles. The van der Waals surface area contributed by atoms with Gasteiger partial charge in [-0.15, -0.1) is 0 Å². The van der Waals surface area contributed by atoms with Crippen LogP contribution in [0.4, 0.5) is 4.39 Å². The van der Waals surface area contributed by atoms with Crippen LogP contribution in [0.25, 0.3) is 0 Å². The largest absolute Gasteiger partial charge is 0.478 e. The summed E-state index contributed by atoms with van der Waals surface area (Å²) >= 11 is 0. The standard InChI is InChI=1S/C16H19FN2O3/c1-16(2,3)14-13(19-9-22-14)8-18-7-11-6-10(15(20)21)4-5-12(11)17/h4-6,9,18H,7-8H2,1-3H3,(H,20,21). The Morgan fingerprint density at radius 3 is 2.73 bits per heavy atom. The third-order valence-corrected chi connectivity index (χ3v) is 3.22. The van der Waals surface area contributed by atoms with Gasteiger partial charge in [0.05, 0.1) is 11.3 Å². The molecule has 2 rings (SSSR count). The van der Waals surface area contributed by atoms with E-state index in [0.29, 0.717) is 12.1 Å². The fourth-order valence-corrected chi connectivity index (χ4v) is 2.16. The first kappa shape index (κ1) is 16.2. The van der Waals surface area contributed by atoms with Gasteiger partial charge in [0.25, 0.3) is 0 Å². The van der Waals surface area contributed by atoms with Crippen molar-refractivity contribution in [1.29, 1.82) is 0 Å². The van der Waals surface area contributed by atoms with Gasteiger partial charge in [0.1, 0.15) is 11.6 Å². The molecule has 0 spiro atoms. The summed E-state index contributed by atoms with van der Waals surface area (Å²) in [5.41, 5.74) is 0.972. The fraction of sp³-hybridized carbons (Fsp3) is 0.375. The number of halogens is 1. The molecule has 0 unspecified atom stereocenters. The van der Waals surface area contributed by atoms with Gasteiger partial charge in [0.15, 0.2) is 6.39 Å². The second kappa shape index (κ2) is 6.27. The number of nitrogens with one attached hydrogen (secondary N) is 1. The molecule has 5 nitrogen and oxygen atoms in total. The Balaban J connectivity index is 2.04. The smallest absolute Gasteiger partial charge is 0.335 e. The highest BCUT2D eigenvalue weighted by atomic mass is 19.1. The Labute approximate surface area is 128 Å². The first-order valence-corrected chi connectivity index (χ1v) is 6.94.